The average Bonchev–Trinajstić information content (AvgIpc) is 2.77. The lowest BCUT2D eigenvalue weighted by atomic mass is 9.56. The van der Waals surface area contributed by atoms with Crippen LogP contribution in [0, 0.1) is 23.7 Å². The zero-order valence-corrected chi connectivity index (χ0v) is 12.7. The fourth-order valence-electron chi connectivity index (χ4n) is 3.96. The van der Waals surface area contributed by atoms with Crippen molar-refractivity contribution in [3.05, 3.63) is 12.2 Å². The minimum absolute atomic E-state index is 0.0463. The minimum Gasteiger partial charge on any atom is -0.458 e. The highest BCUT2D eigenvalue weighted by Gasteiger charge is 2.65. The number of carbonyl (C=O) groups excluding carboxylic acids is 3. The Labute approximate surface area is 128 Å². The third-order valence-electron chi connectivity index (χ3n) is 4.91. The molecule has 120 valence electrons. The lowest BCUT2D eigenvalue weighted by Gasteiger charge is -2.50. The number of hydrogen-bond acceptors (Lipinski definition) is 6. The zero-order valence-electron chi connectivity index (χ0n) is 12.7. The molecule has 1 aliphatic heterocycles. The largest absolute Gasteiger partial charge is 0.458 e. The summed E-state index contributed by atoms with van der Waals surface area (Å²) >= 11 is 0. The Morgan fingerprint density at radius 2 is 2.09 bits per heavy atom. The van der Waals surface area contributed by atoms with Gasteiger partial charge in [-0.05, 0) is 25.7 Å². The molecule has 2 saturated carbocycles. The van der Waals surface area contributed by atoms with E-state index in [1.807, 2.05) is 0 Å². The number of carbonyl (C=O) groups is 3. The Balaban J connectivity index is 1.57. The fourth-order valence-corrected chi connectivity index (χ4v) is 3.96. The van der Waals surface area contributed by atoms with Crippen LogP contribution in [0.3, 0.4) is 0 Å². The van der Waals surface area contributed by atoms with E-state index in [0.717, 1.165) is 12.8 Å². The molecule has 3 aliphatic rings. The molecule has 22 heavy (non-hydrogen) atoms. The Morgan fingerprint density at radius 1 is 1.36 bits per heavy atom. The van der Waals surface area contributed by atoms with Crippen molar-refractivity contribution in [2.45, 2.75) is 38.9 Å². The van der Waals surface area contributed by atoms with Crippen molar-refractivity contribution in [3.63, 3.8) is 0 Å². The molecule has 3 fully saturated rings. The van der Waals surface area contributed by atoms with Gasteiger partial charge in [-0.3, -0.25) is 4.79 Å². The van der Waals surface area contributed by atoms with Gasteiger partial charge in [0.15, 0.2) is 6.61 Å². The molecule has 2 aliphatic carbocycles. The summed E-state index contributed by atoms with van der Waals surface area (Å²) in [5, 5.41) is 0. The molecule has 0 aromatic rings. The fraction of sp³-hybridized carbons (Fsp3) is 0.688. The van der Waals surface area contributed by atoms with Gasteiger partial charge in [0.25, 0.3) is 0 Å². The van der Waals surface area contributed by atoms with E-state index in [1.54, 1.807) is 0 Å². The maximum atomic E-state index is 11.9. The standard InChI is InChI=1S/C16H20O6/c1-7(2)15(18)20-6-11(17)21-13-9-4-8(3)5-10-12(9)14(13)22-16(10)19/h8-10,12-14H,1,4-6H2,2-3H3. The summed E-state index contributed by atoms with van der Waals surface area (Å²) in [7, 11) is 0. The molecule has 6 atom stereocenters. The quantitative estimate of drug-likeness (QED) is 0.441. The van der Waals surface area contributed by atoms with Crippen LogP contribution in [0.4, 0.5) is 0 Å². The van der Waals surface area contributed by atoms with Gasteiger partial charge in [0, 0.05) is 17.4 Å². The van der Waals surface area contributed by atoms with Crippen LogP contribution < -0.4 is 0 Å². The maximum Gasteiger partial charge on any atom is 0.344 e. The summed E-state index contributed by atoms with van der Waals surface area (Å²) in [6.07, 6.45) is 1.05. The molecular weight excluding hydrogens is 288 g/mol. The molecule has 0 spiro atoms. The van der Waals surface area contributed by atoms with Gasteiger partial charge in [-0.2, -0.15) is 0 Å². The minimum atomic E-state index is -0.623. The first-order chi connectivity index (χ1) is 10.4. The molecule has 0 aromatic heterocycles. The molecule has 1 heterocycles. The summed E-state index contributed by atoms with van der Waals surface area (Å²) in [5.41, 5.74) is 0.227. The molecule has 3 rings (SSSR count). The Kier molecular flexibility index (Phi) is 3.70. The van der Waals surface area contributed by atoms with Crippen molar-refractivity contribution >= 4 is 17.9 Å². The Bertz CT molecular complexity index is 539. The van der Waals surface area contributed by atoms with Gasteiger partial charge in [-0.25, -0.2) is 9.59 Å². The van der Waals surface area contributed by atoms with Crippen LogP contribution in [0.25, 0.3) is 0 Å². The number of esters is 3. The molecule has 1 saturated heterocycles. The van der Waals surface area contributed by atoms with Crippen LogP contribution in [-0.4, -0.2) is 36.7 Å². The first kappa shape index (κ1) is 15.1. The Morgan fingerprint density at radius 3 is 2.77 bits per heavy atom. The van der Waals surface area contributed by atoms with Crippen LogP contribution in [0.1, 0.15) is 26.7 Å². The molecule has 6 unspecified atom stereocenters. The summed E-state index contributed by atoms with van der Waals surface area (Å²) in [5.74, 6) is -0.683. The van der Waals surface area contributed by atoms with E-state index in [0.29, 0.717) is 5.92 Å². The second-order valence-electron chi connectivity index (χ2n) is 6.64. The van der Waals surface area contributed by atoms with Gasteiger partial charge >= 0.3 is 17.9 Å². The third kappa shape index (κ3) is 2.40. The van der Waals surface area contributed by atoms with Crippen molar-refractivity contribution in [1.29, 1.82) is 0 Å². The van der Waals surface area contributed by atoms with Crippen molar-refractivity contribution in [2.75, 3.05) is 6.61 Å². The molecule has 0 radical (unpaired) electrons. The lowest BCUT2D eigenvalue weighted by Crippen LogP contribution is -2.59. The van der Waals surface area contributed by atoms with E-state index in [2.05, 4.69) is 13.5 Å². The van der Waals surface area contributed by atoms with Gasteiger partial charge in [-0.15, -0.1) is 0 Å². The van der Waals surface area contributed by atoms with Crippen LogP contribution in [0.15, 0.2) is 12.2 Å². The van der Waals surface area contributed by atoms with Crippen LogP contribution >= 0.6 is 0 Å². The first-order valence-corrected chi connectivity index (χ1v) is 7.61. The number of ether oxygens (including phenoxy) is 3. The average molecular weight is 308 g/mol. The van der Waals surface area contributed by atoms with E-state index in [1.165, 1.54) is 6.92 Å². The van der Waals surface area contributed by atoms with Crippen LogP contribution in [0.5, 0.6) is 0 Å². The maximum absolute atomic E-state index is 11.9. The molecule has 0 bridgehead atoms. The van der Waals surface area contributed by atoms with Crippen molar-refractivity contribution in [1.82, 2.24) is 0 Å². The Hall–Kier alpha value is -1.85. The molecule has 0 aromatic carbocycles. The van der Waals surface area contributed by atoms with Gasteiger partial charge < -0.3 is 14.2 Å². The highest BCUT2D eigenvalue weighted by molar-refractivity contribution is 5.88. The van der Waals surface area contributed by atoms with Crippen LogP contribution in [-0.2, 0) is 28.6 Å². The molecular formula is C16H20O6. The van der Waals surface area contributed by atoms with Crippen LogP contribution in [0.2, 0.25) is 0 Å². The first-order valence-electron chi connectivity index (χ1n) is 7.61. The zero-order chi connectivity index (χ0) is 16.0. The van der Waals surface area contributed by atoms with Gasteiger partial charge in [-0.1, -0.05) is 13.5 Å². The summed E-state index contributed by atoms with van der Waals surface area (Å²) < 4.78 is 15.5. The van der Waals surface area contributed by atoms with E-state index in [4.69, 9.17) is 14.2 Å². The SMILES string of the molecule is C=C(C)C(=O)OCC(=O)OC1C2CC(C)CC3C(=O)OC1C32. The second kappa shape index (κ2) is 5.41. The van der Waals surface area contributed by atoms with E-state index < -0.39 is 24.6 Å². The second-order valence-corrected chi connectivity index (χ2v) is 6.64. The smallest absolute Gasteiger partial charge is 0.344 e. The summed E-state index contributed by atoms with van der Waals surface area (Å²) in [6.45, 7) is 6.60. The monoisotopic (exact) mass is 308 g/mol. The van der Waals surface area contributed by atoms with Gasteiger partial charge in [0.2, 0.25) is 0 Å². The predicted molar refractivity (Wildman–Crippen MR) is 74.4 cm³/mol. The van der Waals surface area contributed by atoms with E-state index in [-0.39, 0.29) is 35.4 Å². The number of hydrogen-bond donors (Lipinski definition) is 0. The van der Waals surface area contributed by atoms with Gasteiger partial charge in [0.1, 0.15) is 12.2 Å². The van der Waals surface area contributed by atoms with Crippen molar-refractivity contribution in [3.8, 4) is 0 Å². The molecule has 0 amide bonds. The molecule has 0 N–H and O–H groups in total. The summed E-state index contributed by atoms with van der Waals surface area (Å²) in [4.78, 5) is 34.9. The van der Waals surface area contributed by atoms with Gasteiger partial charge in [0.05, 0.1) is 5.92 Å². The molecule has 6 heteroatoms. The predicted octanol–water partition coefficient (Wildman–Crippen LogP) is 1.23. The molecule has 6 nitrogen and oxygen atoms in total. The van der Waals surface area contributed by atoms with E-state index in [9.17, 15) is 14.4 Å². The highest BCUT2D eigenvalue weighted by Crippen LogP contribution is 2.56. The number of rotatable bonds is 4. The third-order valence-corrected chi connectivity index (χ3v) is 4.91. The van der Waals surface area contributed by atoms with Crippen molar-refractivity contribution in [2.24, 2.45) is 23.7 Å². The highest BCUT2D eigenvalue weighted by atomic mass is 16.6. The summed E-state index contributed by atoms with van der Waals surface area (Å²) in [6, 6.07) is 0. The topological polar surface area (TPSA) is 78.9 Å². The normalized spacial score (nSPS) is 38.4. The van der Waals surface area contributed by atoms with E-state index >= 15 is 0 Å². The van der Waals surface area contributed by atoms with Crippen molar-refractivity contribution < 1.29 is 28.6 Å². The lowest BCUT2D eigenvalue weighted by molar-refractivity contribution is -0.200.